The molecule has 110 valence electrons. The molecule has 0 fully saturated rings. The smallest absolute Gasteiger partial charge is 0.303 e. The summed E-state index contributed by atoms with van der Waals surface area (Å²) in [7, 11) is 0. The van der Waals surface area contributed by atoms with Gasteiger partial charge in [0.05, 0.1) is 18.4 Å². The van der Waals surface area contributed by atoms with E-state index in [0.29, 0.717) is 18.7 Å². The lowest BCUT2D eigenvalue weighted by Gasteiger charge is -2.02. The first kappa shape index (κ1) is 14.8. The lowest BCUT2D eigenvalue weighted by molar-refractivity contribution is -0.137. The maximum Gasteiger partial charge on any atom is 0.303 e. The molecule has 1 heterocycles. The topological polar surface area (TPSA) is 84.2 Å². The molecule has 0 saturated heterocycles. The van der Waals surface area contributed by atoms with Crippen LogP contribution in [0.2, 0.25) is 0 Å². The van der Waals surface area contributed by atoms with Crippen molar-refractivity contribution in [1.29, 1.82) is 0 Å². The van der Waals surface area contributed by atoms with Crippen molar-refractivity contribution in [2.45, 2.75) is 25.8 Å². The van der Waals surface area contributed by atoms with Gasteiger partial charge >= 0.3 is 5.97 Å². The number of rotatable bonds is 7. The molecule has 6 heteroatoms. The zero-order valence-corrected chi connectivity index (χ0v) is 11.5. The Morgan fingerprint density at radius 1 is 1.19 bits per heavy atom. The van der Waals surface area contributed by atoms with Crippen LogP contribution >= 0.6 is 0 Å². The van der Waals surface area contributed by atoms with Crippen LogP contribution in [-0.2, 0) is 16.1 Å². The number of carboxylic acids is 1. The van der Waals surface area contributed by atoms with E-state index in [2.05, 4.69) is 10.4 Å². The van der Waals surface area contributed by atoms with Gasteiger partial charge < -0.3 is 10.4 Å². The van der Waals surface area contributed by atoms with Crippen molar-refractivity contribution in [2.24, 2.45) is 0 Å². The van der Waals surface area contributed by atoms with Gasteiger partial charge in [0, 0.05) is 19.0 Å². The molecule has 0 spiro atoms. The molecule has 2 N–H and O–H groups in total. The summed E-state index contributed by atoms with van der Waals surface area (Å²) in [6.45, 7) is 0.635. The molecular formula is C15H17N3O3. The van der Waals surface area contributed by atoms with Crippen LogP contribution in [0.25, 0.3) is 0 Å². The highest BCUT2D eigenvalue weighted by molar-refractivity contribution is 5.90. The number of carbonyl (C=O) groups excluding carboxylic acids is 1. The summed E-state index contributed by atoms with van der Waals surface area (Å²) in [5.74, 6) is -1.09. The van der Waals surface area contributed by atoms with Gasteiger partial charge in [-0.05, 0) is 12.0 Å². The Labute approximate surface area is 122 Å². The Hall–Kier alpha value is -2.63. The summed E-state index contributed by atoms with van der Waals surface area (Å²) in [4.78, 5) is 22.0. The van der Waals surface area contributed by atoms with Crippen LogP contribution in [0, 0.1) is 0 Å². The van der Waals surface area contributed by atoms with Gasteiger partial charge in [-0.25, -0.2) is 0 Å². The summed E-state index contributed by atoms with van der Waals surface area (Å²) in [6, 6.07) is 9.89. The number of anilines is 1. The second-order valence-electron chi connectivity index (χ2n) is 4.71. The number of amides is 1. The van der Waals surface area contributed by atoms with Gasteiger partial charge in [0.15, 0.2) is 0 Å². The molecule has 1 aromatic carbocycles. The number of aliphatic carboxylic acids is 1. The van der Waals surface area contributed by atoms with Crippen LogP contribution < -0.4 is 5.32 Å². The molecule has 2 rings (SSSR count). The normalized spacial score (nSPS) is 10.3. The molecular weight excluding hydrogens is 270 g/mol. The number of hydrogen-bond donors (Lipinski definition) is 2. The van der Waals surface area contributed by atoms with Gasteiger partial charge in [-0.3, -0.25) is 14.3 Å². The third-order valence-electron chi connectivity index (χ3n) is 2.90. The van der Waals surface area contributed by atoms with Crippen molar-refractivity contribution in [3.05, 3.63) is 48.3 Å². The zero-order chi connectivity index (χ0) is 15.1. The molecule has 0 aliphatic carbocycles. The molecule has 0 saturated carbocycles. The number of benzene rings is 1. The molecule has 0 aliphatic heterocycles. The number of nitrogens with zero attached hydrogens (tertiary/aromatic N) is 2. The van der Waals surface area contributed by atoms with E-state index in [0.717, 1.165) is 5.56 Å². The lowest BCUT2D eigenvalue weighted by atomic mass is 10.2. The molecule has 0 aliphatic rings. The quantitative estimate of drug-likeness (QED) is 0.817. The fraction of sp³-hybridized carbons (Fsp3) is 0.267. The first-order chi connectivity index (χ1) is 10.1. The lowest BCUT2D eigenvalue weighted by Crippen LogP contribution is -2.11. The van der Waals surface area contributed by atoms with E-state index in [-0.39, 0.29) is 18.7 Å². The SMILES string of the molecule is O=C(O)CCCC(=O)Nc1cnn(Cc2ccccc2)c1. The third-order valence-corrected chi connectivity index (χ3v) is 2.90. The first-order valence-corrected chi connectivity index (χ1v) is 6.71. The van der Waals surface area contributed by atoms with Crippen LogP contribution in [0.3, 0.4) is 0 Å². The van der Waals surface area contributed by atoms with Gasteiger partial charge in [0.2, 0.25) is 5.91 Å². The van der Waals surface area contributed by atoms with Crippen molar-refractivity contribution in [1.82, 2.24) is 9.78 Å². The van der Waals surface area contributed by atoms with Crippen LogP contribution in [0.5, 0.6) is 0 Å². The maximum atomic E-state index is 11.6. The highest BCUT2D eigenvalue weighted by Crippen LogP contribution is 2.09. The summed E-state index contributed by atoms with van der Waals surface area (Å²) in [5.41, 5.74) is 1.74. The van der Waals surface area contributed by atoms with E-state index in [1.54, 1.807) is 17.1 Å². The maximum absolute atomic E-state index is 11.6. The predicted octanol–water partition coefficient (Wildman–Crippen LogP) is 2.12. The summed E-state index contributed by atoms with van der Waals surface area (Å²) >= 11 is 0. The Morgan fingerprint density at radius 3 is 2.67 bits per heavy atom. The van der Waals surface area contributed by atoms with Crippen LogP contribution in [0.1, 0.15) is 24.8 Å². The average molecular weight is 287 g/mol. The van der Waals surface area contributed by atoms with Gasteiger partial charge in [-0.1, -0.05) is 30.3 Å². The Morgan fingerprint density at radius 2 is 1.95 bits per heavy atom. The van der Waals surface area contributed by atoms with Crippen LogP contribution in [0.15, 0.2) is 42.7 Å². The molecule has 21 heavy (non-hydrogen) atoms. The van der Waals surface area contributed by atoms with Crippen molar-refractivity contribution >= 4 is 17.6 Å². The van der Waals surface area contributed by atoms with E-state index >= 15 is 0 Å². The monoisotopic (exact) mass is 287 g/mol. The standard InChI is InChI=1S/C15H17N3O3/c19-14(7-4-8-15(20)21)17-13-9-16-18(11-13)10-12-5-2-1-3-6-12/h1-3,5-6,9,11H,4,7-8,10H2,(H,17,19)(H,20,21). The summed E-state index contributed by atoms with van der Waals surface area (Å²) in [5, 5.41) is 15.4. The minimum atomic E-state index is -0.890. The van der Waals surface area contributed by atoms with E-state index < -0.39 is 5.97 Å². The molecule has 0 atom stereocenters. The Balaban J connectivity index is 1.82. The average Bonchev–Trinajstić information content (AvgIpc) is 2.86. The second-order valence-corrected chi connectivity index (χ2v) is 4.71. The number of carboxylic acid groups (broad SMARTS) is 1. The van der Waals surface area contributed by atoms with Crippen molar-refractivity contribution < 1.29 is 14.7 Å². The minimum absolute atomic E-state index is 0.000684. The summed E-state index contributed by atoms with van der Waals surface area (Å²) in [6.07, 6.45) is 3.86. The van der Waals surface area contributed by atoms with Gasteiger partial charge in [-0.2, -0.15) is 5.10 Å². The number of aromatic nitrogens is 2. The molecule has 1 aromatic heterocycles. The van der Waals surface area contributed by atoms with Crippen LogP contribution in [-0.4, -0.2) is 26.8 Å². The number of nitrogens with one attached hydrogen (secondary N) is 1. The molecule has 0 radical (unpaired) electrons. The van der Waals surface area contributed by atoms with Crippen LogP contribution in [0.4, 0.5) is 5.69 Å². The highest BCUT2D eigenvalue weighted by Gasteiger charge is 2.06. The predicted molar refractivity (Wildman–Crippen MR) is 77.9 cm³/mol. The van der Waals surface area contributed by atoms with E-state index in [9.17, 15) is 9.59 Å². The number of carbonyl (C=O) groups is 2. The third kappa shape index (κ3) is 5.10. The van der Waals surface area contributed by atoms with Crippen molar-refractivity contribution in [2.75, 3.05) is 5.32 Å². The Bertz CT molecular complexity index is 608. The van der Waals surface area contributed by atoms with E-state index in [4.69, 9.17) is 5.11 Å². The van der Waals surface area contributed by atoms with Gasteiger partial charge in [-0.15, -0.1) is 0 Å². The molecule has 0 bridgehead atoms. The second kappa shape index (κ2) is 7.23. The fourth-order valence-corrected chi connectivity index (χ4v) is 1.91. The Kier molecular flexibility index (Phi) is 5.09. The van der Waals surface area contributed by atoms with Gasteiger partial charge in [0.1, 0.15) is 0 Å². The van der Waals surface area contributed by atoms with Crippen molar-refractivity contribution in [3.8, 4) is 0 Å². The zero-order valence-electron chi connectivity index (χ0n) is 11.5. The number of hydrogen-bond acceptors (Lipinski definition) is 3. The van der Waals surface area contributed by atoms with Gasteiger partial charge in [0.25, 0.3) is 0 Å². The summed E-state index contributed by atoms with van der Waals surface area (Å²) < 4.78 is 1.74. The van der Waals surface area contributed by atoms with E-state index in [1.807, 2.05) is 30.3 Å². The molecule has 0 unspecified atom stereocenters. The molecule has 6 nitrogen and oxygen atoms in total. The largest absolute Gasteiger partial charge is 0.481 e. The first-order valence-electron chi connectivity index (χ1n) is 6.71. The van der Waals surface area contributed by atoms with E-state index in [1.165, 1.54) is 0 Å². The van der Waals surface area contributed by atoms with Crippen molar-refractivity contribution in [3.63, 3.8) is 0 Å². The minimum Gasteiger partial charge on any atom is -0.481 e. The fourth-order valence-electron chi connectivity index (χ4n) is 1.91. The highest BCUT2D eigenvalue weighted by atomic mass is 16.4. The molecule has 1 amide bonds. The molecule has 2 aromatic rings.